The fourth-order valence-electron chi connectivity index (χ4n) is 2.16. The smallest absolute Gasteiger partial charge is 0.363 e. The number of hydrogen-bond donors (Lipinski definition) is 0. The summed E-state index contributed by atoms with van der Waals surface area (Å²) < 4.78 is 6.02. The Balaban J connectivity index is 1.80. The minimum absolute atomic E-state index is 0.00467. The fraction of sp³-hybridized carbons (Fsp3) is 0. The first-order valence-electron chi connectivity index (χ1n) is 7.22. The van der Waals surface area contributed by atoms with Crippen molar-refractivity contribution in [2.75, 3.05) is 0 Å². The average molecular weight is 399 g/mol. The molecule has 0 atom stereocenters. The minimum Gasteiger partial charge on any atom is -0.402 e. The van der Waals surface area contributed by atoms with E-state index in [4.69, 9.17) is 4.74 Å². The van der Waals surface area contributed by atoms with Crippen LogP contribution in [0.3, 0.4) is 0 Å². The molecule has 2 aromatic rings. The van der Waals surface area contributed by atoms with E-state index in [1.807, 2.05) is 12.1 Å². The Morgan fingerprint density at radius 1 is 1.16 bits per heavy atom. The van der Waals surface area contributed by atoms with Crippen molar-refractivity contribution in [2.24, 2.45) is 4.99 Å². The summed E-state index contributed by atoms with van der Waals surface area (Å²) in [6, 6.07) is 13.5. The minimum atomic E-state index is -0.543. The number of hydrogen-bond acceptors (Lipinski definition) is 5. The van der Waals surface area contributed by atoms with E-state index in [1.54, 1.807) is 36.4 Å². The third-order valence-corrected chi connectivity index (χ3v) is 3.81. The molecular weight excluding hydrogens is 388 g/mol. The largest absolute Gasteiger partial charge is 0.402 e. The maximum Gasteiger partial charge on any atom is 0.363 e. The number of nitro groups is 1. The Labute approximate surface area is 151 Å². The Hall–Kier alpha value is -3.06. The van der Waals surface area contributed by atoms with Crippen LogP contribution in [0.25, 0.3) is 6.08 Å². The molecule has 0 unspecified atom stereocenters. The van der Waals surface area contributed by atoms with Crippen LogP contribution in [-0.2, 0) is 9.53 Å². The number of ether oxygens (including phenoxy) is 1. The molecule has 124 valence electrons. The van der Waals surface area contributed by atoms with Crippen LogP contribution in [0.15, 0.2) is 75.8 Å². The molecule has 7 heteroatoms. The van der Waals surface area contributed by atoms with E-state index in [2.05, 4.69) is 20.9 Å². The summed E-state index contributed by atoms with van der Waals surface area (Å²) in [7, 11) is 0. The summed E-state index contributed by atoms with van der Waals surface area (Å²) in [6.45, 7) is 0. The highest BCUT2D eigenvalue weighted by atomic mass is 79.9. The number of benzene rings is 2. The quantitative estimate of drug-likeness (QED) is 0.333. The van der Waals surface area contributed by atoms with E-state index in [1.165, 1.54) is 18.2 Å². The van der Waals surface area contributed by atoms with Gasteiger partial charge in [-0.1, -0.05) is 46.3 Å². The second kappa shape index (κ2) is 7.23. The first-order chi connectivity index (χ1) is 12.0. The Kier molecular flexibility index (Phi) is 4.85. The number of aliphatic imine (C=N–C) groups is 1. The number of cyclic esters (lactones) is 1. The molecule has 3 rings (SSSR count). The number of esters is 1. The maximum atomic E-state index is 11.9. The predicted molar refractivity (Wildman–Crippen MR) is 97.0 cm³/mol. The molecule has 0 saturated carbocycles. The van der Waals surface area contributed by atoms with Crippen molar-refractivity contribution in [3.63, 3.8) is 0 Å². The van der Waals surface area contributed by atoms with Crippen LogP contribution in [0.2, 0.25) is 0 Å². The molecule has 1 aliphatic rings. The summed E-state index contributed by atoms with van der Waals surface area (Å²) in [5.41, 5.74) is 1.50. The van der Waals surface area contributed by atoms with Gasteiger partial charge in [-0.25, -0.2) is 9.79 Å². The SMILES string of the molecule is O=C1OC(c2cccc(Br)c2)=N/C1=C\C=C\c1cccc([N+](=O)[O-])c1. The number of allylic oxidation sites excluding steroid dienone is 2. The number of carbonyl (C=O) groups is 1. The number of halogens is 1. The molecule has 0 fully saturated rings. The molecule has 25 heavy (non-hydrogen) atoms. The summed E-state index contributed by atoms with van der Waals surface area (Å²) in [5.74, 6) is -0.306. The van der Waals surface area contributed by atoms with Crippen molar-refractivity contribution in [3.8, 4) is 0 Å². The van der Waals surface area contributed by atoms with Crippen molar-refractivity contribution in [3.05, 3.63) is 92.1 Å². The van der Waals surface area contributed by atoms with Crippen LogP contribution in [0.5, 0.6) is 0 Å². The fourth-order valence-corrected chi connectivity index (χ4v) is 2.56. The van der Waals surface area contributed by atoms with Crippen LogP contribution >= 0.6 is 15.9 Å². The summed E-state index contributed by atoms with van der Waals surface area (Å²) >= 11 is 3.35. The predicted octanol–water partition coefficient (Wildman–Crippen LogP) is 4.26. The van der Waals surface area contributed by atoms with Gasteiger partial charge in [0.2, 0.25) is 5.90 Å². The lowest BCUT2D eigenvalue weighted by Gasteiger charge is -1.99. The van der Waals surface area contributed by atoms with Crippen LogP contribution in [0.4, 0.5) is 5.69 Å². The van der Waals surface area contributed by atoms with Gasteiger partial charge >= 0.3 is 5.97 Å². The molecular formula is C18H11BrN2O4. The molecule has 0 spiro atoms. The van der Waals surface area contributed by atoms with Crippen molar-refractivity contribution >= 4 is 39.6 Å². The first-order valence-corrected chi connectivity index (χ1v) is 8.02. The zero-order valence-electron chi connectivity index (χ0n) is 12.8. The number of nitro benzene ring substituents is 1. The third-order valence-electron chi connectivity index (χ3n) is 3.32. The maximum absolute atomic E-state index is 11.9. The molecule has 0 saturated heterocycles. The Morgan fingerprint density at radius 3 is 2.72 bits per heavy atom. The normalized spacial score (nSPS) is 15.5. The molecule has 1 aliphatic heterocycles. The lowest BCUT2D eigenvalue weighted by molar-refractivity contribution is -0.384. The molecule has 0 aromatic heterocycles. The molecule has 0 amide bonds. The lowest BCUT2D eigenvalue weighted by Crippen LogP contribution is -2.05. The Morgan fingerprint density at radius 2 is 1.96 bits per heavy atom. The highest BCUT2D eigenvalue weighted by Gasteiger charge is 2.23. The Bertz CT molecular complexity index is 948. The van der Waals surface area contributed by atoms with Crippen molar-refractivity contribution < 1.29 is 14.5 Å². The van der Waals surface area contributed by atoms with Gasteiger partial charge in [0, 0.05) is 22.2 Å². The zero-order valence-corrected chi connectivity index (χ0v) is 14.3. The van der Waals surface area contributed by atoms with E-state index in [0.29, 0.717) is 11.1 Å². The van der Waals surface area contributed by atoms with Gasteiger partial charge < -0.3 is 4.74 Å². The molecule has 2 aromatic carbocycles. The topological polar surface area (TPSA) is 81.8 Å². The van der Waals surface area contributed by atoms with Gasteiger partial charge in [0.25, 0.3) is 5.69 Å². The van der Waals surface area contributed by atoms with Crippen LogP contribution in [-0.4, -0.2) is 16.8 Å². The molecule has 0 N–H and O–H groups in total. The van der Waals surface area contributed by atoms with E-state index >= 15 is 0 Å². The van der Waals surface area contributed by atoms with Crippen LogP contribution in [0.1, 0.15) is 11.1 Å². The van der Waals surface area contributed by atoms with E-state index in [-0.39, 0.29) is 17.3 Å². The first kappa shape index (κ1) is 16.8. The van der Waals surface area contributed by atoms with Gasteiger partial charge in [0.05, 0.1) is 4.92 Å². The number of non-ortho nitro benzene ring substituents is 1. The zero-order chi connectivity index (χ0) is 17.8. The van der Waals surface area contributed by atoms with Crippen molar-refractivity contribution in [1.29, 1.82) is 0 Å². The molecule has 0 aliphatic carbocycles. The highest BCUT2D eigenvalue weighted by molar-refractivity contribution is 9.10. The van der Waals surface area contributed by atoms with Crippen LogP contribution in [0, 0.1) is 10.1 Å². The second-order valence-corrected chi connectivity index (χ2v) is 6.00. The molecule has 6 nitrogen and oxygen atoms in total. The molecule has 1 heterocycles. The standard InChI is InChI=1S/C18H11BrN2O4/c19-14-7-3-6-13(11-14)17-20-16(18(22)25-17)9-2-5-12-4-1-8-15(10-12)21(23)24/h1-11H/b5-2+,16-9-. The van der Waals surface area contributed by atoms with E-state index in [9.17, 15) is 14.9 Å². The summed E-state index contributed by atoms with van der Waals surface area (Å²) in [5, 5.41) is 10.8. The van der Waals surface area contributed by atoms with Gasteiger partial charge in [0.15, 0.2) is 5.70 Å². The van der Waals surface area contributed by atoms with Crippen molar-refractivity contribution in [2.45, 2.75) is 0 Å². The molecule has 0 radical (unpaired) electrons. The second-order valence-electron chi connectivity index (χ2n) is 5.08. The van der Waals surface area contributed by atoms with E-state index < -0.39 is 10.9 Å². The van der Waals surface area contributed by atoms with Crippen molar-refractivity contribution in [1.82, 2.24) is 0 Å². The van der Waals surface area contributed by atoms with E-state index in [0.717, 1.165) is 4.47 Å². The van der Waals surface area contributed by atoms with Crippen LogP contribution < -0.4 is 0 Å². The van der Waals surface area contributed by atoms with Gasteiger partial charge in [0.1, 0.15) is 0 Å². The number of carbonyl (C=O) groups excluding carboxylic acids is 1. The third kappa shape index (κ3) is 4.07. The highest BCUT2D eigenvalue weighted by Crippen LogP contribution is 2.20. The summed E-state index contributed by atoms with van der Waals surface area (Å²) in [4.78, 5) is 26.4. The van der Waals surface area contributed by atoms with Gasteiger partial charge in [-0.3, -0.25) is 10.1 Å². The number of nitrogens with zero attached hydrogens (tertiary/aromatic N) is 2. The monoisotopic (exact) mass is 398 g/mol. The van der Waals surface area contributed by atoms with Gasteiger partial charge in [-0.05, 0) is 29.8 Å². The lowest BCUT2D eigenvalue weighted by atomic mass is 10.2. The molecule has 0 bridgehead atoms. The van der Waals surface area contributed by atoms with Gasteiger partial charge in [-0.15, -0.1) is 0 Å². The number of rotatable bonds is 4. The van der Waals surface area contributed by atoms with Gasteiger partial charge in [-0.2, -0.15) is 0 Å². The summed E-state index contributed by atoms with van der Waals surface area (Å²) in [6.07, 6.45) is 4.76. The average Bonchev–Trinajstić information content (AvgIpc) is 2.96.